The van der Waals surface area contributed by atoms with Crippen molar-refractivity contribution in [2.75, 3.05) is 26.2 Å². The van der Waals surface area contributed by atoms with Gasteiger partial charge in [-0.25, -0.2) is 13.8 Å². The second kappa shape index (κ2) is 8.46. The van der Waals surface area contributed by atoms with Crippen molar-refractivity contribution in [2.45, 2.75) is 17.3 Å². The minimum absolute atomic E-state index is 0.111. The fourth-order valence-corrected chi connectivity index (χ4v) is 3.83. The van der Waals surface area contributed by atoms with Crippen molar-refractivity contribution in [1.82, 2.24) is 14.8 Å². The predicted octanol–water partition coefficient (Wildman–Crippen LogP) is 2.66. The van der Waals surface area contributed by atoms with Crippen LogP contribution < -0.4 is 5.73 Å². The maximum atomic E-state index is 13.8. The third-order valence-electron chi connectivity index (χ3n) is 4.33. The van der Waals surface area contributed by atoms with E-state index in [0.717, 1.165) is 55.4 Å². The summed E-state index contributed by atoms with van der Waals surface area (Å²) in [6.45, 7) is 3.82. The second-order valence-corrected chi connectivity index (χ2v) is 7.10. The Bertz CT molecular complexity index is 778. The third-order valence-corrected chi connectivity index (χ3v) is 5.43. The Balaban J connectivity index is 1.63. The maximum absolute atomic E-state index is 13.8. The van der Waals surface area contributed by atoms with Gasteiger partial charge in [0.1, 0.15) is 16.7 Å². The molecule has 1 saturated heterocycles. The highest BCUT2D eigenvalue weighted by Crippen LogP contribution is 2.26. The Morgan fingerprint density at radius 3 is 2.65 bits per heavy atom. The number of hydrogen-bond donors (Lipinski definition) is 2. The van der Waals surface area contributed by atoms with Crippen LogP contribution in [-0.2, 0) is 12.3 Å². The maximum Gasteiger partial charge on any atom is 0.188 e. The minimum Gasteiger partial charge on any atom is -0.370 e. The van der Waals surface area contributed by atoms with Gasteiger partial charge in [-0.1, -0.05) is 6.07 Å². The molecule has 0 radical (unpaired) electrons. The molecule has 1 fully saturated rings. The van der Waals surface area contributed by atoms with E-state index >= 15 is 0 Å². The van der Waals surface area contributed by atoms with E-state index in [1.165, 1.54) is 17.8 Å². The molecular formula is C18H21F2N5S. The van der Waals surface area contributed by atoms with E-state index < -0.39 is 11.6 Å². The van der Waals surface area contributed by atoms with Crippen LogP contribution in [0.15, 0.2) is 41.6 Å². The first-order valence-corrected chi connectivity index (χ1v) is 9.33. The molecule has 3 rings (SSSR count). The third kappa shape index (κ3) is 4.70. The van der Waals surface area contributed by atoms with Crippen molar-refractivity contribution in [1.29, 1.82) is 5.41 Å². The number of aromatic nitrogens is 1. The number of thioether (sulfide) groups is 1. The van der Waals surface area contributed by atoms with Crippen LogP contribution in [0.3, 0.4) is 0 Å². The van der Waals surface area contributed by atoms with E-state index in [1.54, 1.807) is 6.20 Å². The molecule has 0 saturated carbocycles. The Labute approximate surface area is 155 Å². The van der Waals surface area contributed by atoms with Crippen molar-refractivity contribution >= 4 is 17.7 Å². The van der Waals surface area contributed by atoms with Gasteiger partial charge in [-0.3, -0.25) is 10.3 Å². The SMILES string of the molecule is N=C(N)N1CCN(Cc2cccnc2SCc2cc(F)ccc2F)CC1. The summed E-state index contributed by atoms with van der Waals surface area (Å²) >= 11 is 1.41. The fourth-order valence-electron chi connectivity index (χ4n) is 2.86. The van der Waals surface area contributed by atoms with Crippen molar-refractivity contribution in [3.8, 4) is 0 Å². The van der Waals surface area contributed by atoms with Crippen LogP contribution in [0.25, 0.3) is 0 Å². The Hall–Kier alpha value is -2.19. The van der Waals surface area contributed by atoms with Crippen LogP contribution in [0.1, 0.15) is 11.1 Å². The number of guanidine groups is 1. The lowest BCUT2D eigenvalue weighted by atomic mass is 10.2. The summed E-state index contributed by atoms with van der Waals surface area (Å²) in [5.74, 6) is -0.408. The number of benzene rings is 1. The van der Waals surface area contributed by atoms with Crippen molar-refractivity contribution in [3.05, 3.63) is 59.3 Å². The summed E-state index contributed by atoms with van der Waals surface area (Å²) in [6.07, 6.45) is 1.71. The summed E-state index contributed by atoms with van der Waals surface area (Å²) < 4.78 is 27.1. The molecule has 0 bridgehead atoms. The average molecular weight is 377 g/mol. The molecule has 138 valence electrons. The molecule has 0 amide bonds. The number of pyridine rings is 1. The summed E-state index contributed by atoms with van der Waals surface area (Å²) in [4.78, 5) is 8.54. The Kier molecular flexibility index (Phi) is 6.05. The molecule has 2 aromatic rings. The molecule has 1 aliphatic rings. The highest BCUT2D eigenvalue weighted by Gasteiger charge is 2.19. The number of rotatable bonds is 5. The van der Waals surface area contributed by atoms with E-state index in [2.05, 4.69) is 9.88 Å². The van der Waals surface area contributed by atoms with Crippen LogP contribution in [-0.4, -0.2) is 46.9 Å². The highest BCUT2D eigenvalue weighted by atomic mass is 32.2. The quantitative estimate of drug-likeness (QED) is 0.476. The zero-order valence-electron chi connectivity index (χ0n) is 14.3. The smallest absolute Gasteiger partial charge is 0.188 e. The van der Waals surface area contributed by atoms with Gasteiger partial charge in [0, 0.05) is 50.2 Å². The fraction of sp³-hybridized carbons (Fsp3) is 0.333. The number of nitrogens with one attached hydrogen (secondary N) is 1. The first-order chi connectivity index (χ1) is 12.5. The Morgan fingerprint density at radius 2 is 1.92 bits per heavy atom. The molecule has 2 heterocycles. The molecule has 5 nitrogen and oxygen atoms in total. The van der Waals surface area contributed by atoms with Gasteiger partial charge in [0.2, 0.25) is 0 Å². The molecule has 0 atom stereocenters. The molecule has 1 aromatic carbocycles. The number of nitrogens with zero attached hydrogens (tertiary/aromatic N) is 3. The van der Waals surface area contributed by atoms with Gasteiger partial charge in [-0.15, -0.1) is 11.8 Å². The zero-order valence-corrected chi connectivity index (χ0v) is 15.1. The molecule has 3 N–H and O–H groups in total. The largest absolute Gasteiger partial charge is 0.370 e. The van der Waals surface area contributed by atoms with Gasteiger partial charge < -0.3 is 10.6 Å². The summed E-state index contributed by atoms with van der Waals surface area (Å²) in [6, 6.07) is 7.39. The standard InChI is InChI=1S/C18H21F2N5S/c19-15-3-4-16(20)14(10-15)12-26-17-13(2-1-5-23-17)11-24-6-8-25(9-7-24)18(21)22/h1-5,10H,6-9,11-12H2,(H3,21,22). The monoisotopic (exact) mass is 377 g/mol. The van der Waals surface area contributed by atoms with Gasteiger partial charge in [0.15, 0.2) is 5.96 Å². The molecule has 1 aliphatic heterocycles. The molecule has 1 aromatic heterocycles. The molecular weight excluding hydrogens is 356 g/mol. The lowest BCUT2D eigenvalue weighted by Gasteiger charge is -2.35. The van der Waals surface area contributed by atoms with E-state index in [0.29, 0.717) is 11.3 Å². The summed E-state index contributed by atoms with van der Waals surface area (Å²) in [5.41, 5.74) is 6.92. The molecule has 0 aliphatic carbocycles. The predicted molar refractivity (Wildman–Crippen MR) is 98.9 cm³/mol. The number of halogens is 2. The first kappa shape index (κ1) is 18.6. The van der Waals surface area contributed by atoms with Crippen molar-refractivity contribution in [3.63, 3.8) is 0 Å². The van der Waals surface area contributed by atoms with Crippen LogP contribution in [0.4, 0.5) is 8.78 Å². The number of piperazine rings is 1. The van der Waals surface area contributed by atoms with Crippen LogP contribution >= 0.6 is 11.8 Å². The molecule has 0 spiro atoms. The molecule has 8 heteroatoms. The van der Waals surface area contributed by atoms with E-state index in [-0.39, 0.29) is 5.96 Å². The molecule has 26 heavy (non-hydrogen) atoms. The van der Waals surface area contributed by atoms with Crippen molar-refractivity contribution < 1.29 is 8.78 Å². The van der Waals surface area contributed by atoms with Gasteiger partial charge >= 0.3 is 0 Å². The summed E-state index contributed by atoms with van der Waals surface area (Å²) in [7, 11) is 0. The first-order valence-electron chi connectivity index (χ1n) is 8.35. The van der Waals surface area contributed by atoms with Gasteiger partial charge in [-0.05, 0) is 29.8 Å². The van der Waals surface area contributed by atoms with Crippen LogP contribution in [0.2, 0.25) is 0 Å². The van der Waals surface area contributed by atoms with Crippen LogP contribution in [0, 0.1) is 17.0 Å². The number of hydrogen-bond acceptors (Lipinski definition) is 4. The average Bonchev–Trinajstić information content (AvgIpc) is 2.64. The lowest BCUT2D eigenvalue weighted by Crippen LogP contribution is -2.50. The van der Waals surface area contributed by atoms with E-state index in [4.69, 9.17) is 11.1 Å². The van der Waals surface area contributed by atoms with Gasteiger partial charge in [0.25, 0.3) is 0 Å². The number of nitrogens with two attached hydrogens (primary N) is 1. The van der Waals surface area contributed by atoms with E-state index in [1.807, 2.05) is 17.0 Å². The second-order valence-electron chi connectivity index (χ2n) is 6.14. The minimum atomic E-state index is -0.438. The van der Waals surface area contributed by atoms with E-state index in [9.17, 15) is 8.78 Å². The van der Waals surface area contributed by atoms with Crippen LogP contribution in [0.5, 0.6) is 0 Å². The lowest BCUT2D eigenvalue weighted by molar-refractivity contribution is 0.172. The molecule has 0 unspecified atom stereocenters. The van der Waals surface area contributed by atoms with Gasteiger partial charge in [-0.2, -0.15) is 0 Å². The highest BCUT2D eigenvalue weighted by molar-refractivity contribution is 7.98. The van der Waals surface area contributed by atoms with Gasteiger partial charge in [0.05, 0.1) is 0 Å². The normalized spacial score (nSPS) is 15.2. The zero-order chi connectivity index (χ0) is 18.5. The Morgan fingerprint density at radius 1 is 1.15 bits per heavy atom. The summed E-state index contributed by atoms with van der Waals surface area (Å²) in [5, 5.41) is 8.32. The topological polar surface area (TPSA) is 69.2 Å². The van der Waals surface area contributed by atoms with Crippen molar-refractivity contribution in [2.24, 2.45) is 5.73 Å².